The Balaban J connectivity index is 1.89. The van der Waals surface area contributed by atoms with Crippen LogP contribution in [0.25, 0.3) is 16.9 Å². The highest BCUT2D eigenvalue weighted by molar-refractivity contribution is 8.01. The molecule has 0 fully saturated rings. The van der Waals surface area contributed by atoms with Gasteiger partial charge in [-0.15, -0.1) is 23.1 Å². The van der Waals surface area contributed by atoms with Gasteiger partial charge in [0.1, 0.15) is 5.75 Å². The first kappa shape index (κ1) is 14.5. The molecule has 1 aromatic carbocycles. The highest BCUT2D eigenvalue weighted by Crippen LogP contribution is 2.39. The maximum Gasteiger partial charge on any atom is 0.271 e. The van der Waals surface area contributed by atoms with Gasteiger partial charge in [0.2, 0.25) is 0 Å². The van der Waals surface area contributed by atoms with Crippen molar-refractivity contribution in [2.45, 2.75) is 10.6 Å². The van der Waals surface area contributed by atoms with Crippen LogP contribution in [-0.4, -0.2) is 22.6 Å². The number of rotatable bonds is 2. The van der Waals surface area contributed by atoms with Gasteiger partial charge in [-0.2, -0.15) is 9.78 Å². The van der Waals surface area contributed by atoms with Crippen molar-refractivity contribution < 1.29 is 4.74 Å². The second-order valence-electron chi connectivity index (χ2n) is 5.19. The van der Waals surface area contributed by atoms with E-state index in [1.807, 2.05) is 36.0 Å². The van der Waals surface area contributed by atoms with E-state index in [-0.39, 0.29) is 5.56 Å². The zero-order valence-corrected chi connectivity index (χ0v) is 14.1. The van der Waals surface area contributed by atoms with E-state index in [1.165, 1.54) is 8.89 Å². The van der Waals surface area contributed by atoms with Gasteiger partial charge in [-0.05, 0) is 47.7 Å². The van der Waals surface area contributed by atoms with Crippen molar-refractivity contribution in [3.63, 3.8) is 0 Å². The van der Waals surface area contributed by atoms with Crippen LogP contribution in [0, 0.1) is 0 Å². The molecule has 0 spiro atoms. The highest BCUT2D eigenvalue weighted by Gasteiger charge is 2.19. The Kier molecular flexibility index (Phi) is 3.71. The van der Waals surface area contributed by atoms with Gasteiger partial charge in [0.15, 0.2) is 0 Å². The van der Waals surface area contributed by atoms with Gasteiger partial charge in [0.05, 0.1) is 22.7 Å². The molecule has 0 N–H and O–H groups in total. The lowest BCUT2D eigenvalue weighted by molar-refractivity contribution is 0.414. The number of methoxy groups -OCH3 is 1. The topological polar surface area (TPSA) is 44.1 Å². The molecule has 0 saturated heterocycles. The van der Waals surface area contributed by atoms with Gasteiger partial charge in [0, 0.05) is 17.4 Å². The fourth-order valence-electron chi connectivity index (χ4n) is 2.65. The number of aryl methyl sites for hydroxylation is 1. The number of hydrogen-bond donors (Lipinski definition) is 0. The molecule has 116 valence electrons. The maximum atomic E-state index is 12.5. The summed E-state index contributed by atoms with van der Waals surface area (Å²) in [5.74, 6) is 1.74. The molecule has 3 aromatic rings. The standard InChI is InChI=1S/C17H14N2O2S2/c1-21-13-4-2-12(3-5-13)19-15(20)10-11-6-8-22-17-14(7-9-23-17)16(11)18-19/h2-5,7,9-10H,6,8H2,1H3. The molecule has 23 heavy (non-hydrogen) atoms. The van der Waals surface area contributed by atoms with Gasteiger partial charge < -0.3 is 4.74 Å². The second-order valence-corrected chi connectivity index (χ2v) is 7.47. The van der Waals surface area contributed by atoms with E-state index in [2.05, 4.69) is 16.5 Å². The van der Waals surface area contributed by atoms with Crippen LogP contribution in [0.15, 0.2) is 50.8 Å². The average molecular weight is 342 g/mol. The van der Waals surface area contributed by atoms with E-state index in [4.69, 9.17) is 4.74 Å². The Hall–Kier alpha value is -2.05. The number of thioether (sulfide) groups is 1. The summed E-state index contributed by atoms with van der Waals surface area (Å²) in [6, 6.07) is 11.2. The molecule has 6 heteroatoms. The minimum absolute atomic E-state index is 0.0994. The summed E-state index contributed by atoms with van der Waals surface area (Å²) < 4.78 is 7.91. The summed E-state index contributed by atoms with van der Waals surface area (Å²) in [7, 11) is 1.62. The Bertz CT molecular complexity index is 913. The predicted octanol–water partition coefficient (Wildman–Crippen LogP) is 3.62. The number of benzene rings is 1. The van der Waals surface area contributed by atoms with Crippen molar-refractivity contribution in [3.05, 3.63) is 57.7 Å². The van der Waals surface area contributed by atoms with Crippen molar-refractivity contribution in [1.82, 2.24) is 9.78 Å². The molecule has 0 saturated carbocycles. The van der Waals surface area contributed by atoms with E-state index in [0.29, 0.717) is 0 Å². The predicted molar refractivity (Wildman–Crippen MR) is 94.1 cm³/mol. The van der Waals surface area contributed by atoms with Crippen LogP contribution >= 0.6 is 23.1 Å². The van der Waals surface area contributed by atoms with E-state index in [1.54, 1.807) is 24.5 Å². The lowest BCUT2D eigenvalue weighted by atomic mass is 10.1. The summed E-state index contributed by atoms with van der Waals surface area (Å²) >= 11 is 3.57. The lowest BCUT2D eigenvalue weighted by Crippen LogP contribution is -2.22. The van der Waals surface area contributed by atoms with Gasteiger partial charge >= 0.3 is 0 Å². The van der Waals surface area contributed by atoms with Crippen LogP contribution in [0.3, 0.4) is 0 Å². The van der Waals surface area contributed by atoms with Crippen molar-refractivity contribution in [3.8, 4) is 22.7 Å². The van der Waals surface area contributed by atoms with Gasteiger partial charge in [-0.1, -0.05) is 0 Å². The zero-order chi connectivity index (χ0) is 15.8. The molecule has 1 aliphatic rings. The monoisotopic (exact) mass is 342 g/mol. The van der Waals surface area contributed by atoms with E-state index in [0.717, 1.165) is 40.4 Å². The third kappa shape index (κ3) is 2.58. The third-order valence-corrected chi connectivity index (χ3v) is 6.06. The number of ether oxygens (including phenoxy) is 1. The molecule has 0 unspecified atom stereocenters. The first-order valence-corrected chi connectivity index (χ1v) is 9.11. The fraction of sp³-hybridized carbons (Fsp3) is 0.176. The first-order valence-electron chi connectivity index (χ1n) is 7.24. The van der Waals surface area contributed by atoms with Crippen LogP contribution in [0.4, 0.5) is 0 Å². The molecular weight excluding hydrogens is 328 g/mol. The van der Waals surface area contributed by atoms with Crippen molar-refractivity contribution in [1.29, 1.82) is 0 Å². The minimum atomic E-state index is -0.0994. The SMILES string of the molecule is COc1ccc(-n2nc3c(cc2=O)CCSc2sccc2-3)cc1. The summed E-state index contributed by atoms with van der Waals surface area (Å²) in [5, 5.41) is 6.75. The lowest BCUT2D eigenvalue weighted by Gasteiger charge is -2.10. The molecule has 0 aliphatic carbocycles. The smallest absolute Gasteiger partial charge is 0.271 e. The Morgan fingerprint density at radius 2 is 2.04 bits per heavy atom. The molecule has 2 aromatic heterocycles. The first-order chi connectivity index (χ1) is 11.3. The number of fused-ring (bicyclic) bond motifs is 3. The molecular formula is C17H14N2O2S2. The molecule has 0 amide bonds. The van der Waals surface area contributed by atoms with Crippen LogP contribution < -0.4 is 10.3 Å². The van der Waals surface area contributed by atoms with Gasteiger partial charge in [-0.3, -0.25) is 4.79 Å². The van der Waals surface area contributed by atoms with Crippen molar-refractivity contribution in [2.24, 2.45) is 0 Å². The van der Waals surface area contributed by atoms with E-state index in [9.17, 15) is 4.79 Å². The zero-order valence-electron chi connectivity index (χ0n) is 12.5. The summed E-state index contributed by atoms with van der Waals surface area (Å²) in [5.41, 5.74) is 3.73. The number of nitrogens with zero attached hydrogens (tertiary/aromatic N) is 2. The minimum Gasteiger partial charge on any atom is -0.497 e. The van der Waals surface area contributed by atoms with Crippen LogP contribution in [-0.2, 0) is 6.42 Å². The second kappa shape index (κ2) is 5.86. The Morgan fingerprint density at radius 1 is 1.22 bits per heavy atom. The Morgan fingerprint density at radius 3 is 2.83 bits per heavy atom. The van der Waals surface area contributed by atoms with Crippen molar-refractivity contribution >= 4 is 23.1 Å². The fourth-order valence-corrected chi connectivity index (χ4v) is 4.79. The largest absolute Gasteiger partial charge is 0.497 e. The molecule has 1 aliphatic heterocycles. The van der Waals surface area contributed by atoms with Crippen LogP contribution in [0.1, 0.15) is 5.56 Å². The van der Waals surface area contributed by atoms with Crippen LogP contribution in [0.2, 0.25) is 0 Å². The highest BCUT2D eigenvalue weighted by atomic mass is 32.2. The molecule has 4 nitrogen and oxygen atoms in total. The van der Waals surface area contributed by atoms with Gasteiger partial charge in [-0.25, -0.2) is 0 Å². The third-order valence-electron chi connectivity index (χ3n) is 3.82. The molecule has 0 bridgehead atoms. The quantitative estimate of drug-likeness (QED) is 0.713. The summed E-state index contributed by atoms with van der Waals surface area (Å²) in [4.78, 5) is 12.5. The maximum absolute atomic E-state index is 12.5. The molecule has 3 heterocycles. The summed E-state index contributed by atoms with van der Waals surface area (Å²) in [6.07, 6.45) is 0.868. The average Bonchev–Trinajstić information content (AvgIpc) is 2.97. The van der Waals surface area contributed by atoms with E-state index >= 15 is 0 Å². The number of aromatic nitrogens is 2. The molecule has 4 rings (SSSR count). The van der Waals surface area contributed by atoms with Gasteiger partial charge in [0.25, 0.3) is 5.56 Å². The number of hydrogen-bond acceptors (Lipinski definition) is 5. The van der Waals surface area contributed by atoms with Crippen molar-refractivity contribution in [2.75, 3.05) is 12.9 Å². The van der Waals surface area contributed by atoms with E-state index < -0.39 is 0 Å². The molecule has 0 atom stereocenters. The Labute approximate surface area is 141 Å². The molecule has 0 radical (unpaired) electrons. The number of thiophene rings is 1. The normalized spacial score (nSPS) is 13.1. The summed E-state index contributed by atoms with van der Waals surface area (Å²) in [6.45, 7) is 0. The van der Waals surface area contributed by atoms with Crippen LogP contribution in [0.5, 0.6) is 5.75 Å².